The number of hydrogen-bond acceptors (Lipinski definition) is 6. The lowest BCUT2D eigenvalue weighted by atomic mass is 10.0. The number of carbonyl (C=O) groups is 2. The number of nitrogens with zero attached hydrogens (tertiary/aromatic N) is 3. The predicted molar refractivity (Wildman–Crippen MR) is 128 cm³/mol. The van der Waals surface area contributed by atoms with Gasteiger partial charge in [0.25, 0.3) is 17.7 Å². The van der Waals surface area contributed by atoms with Crippen molar-refractivity contribution in [3.63, 3.8) is 0 Å². The summed E-state index contributed by atoms with van der Waals surface area (Å²) in [5.74, 6) is -2.68. The number of hydrogen-bond donors (Lipinski definition) is 3. The summed E-state index contributed by atoms with van der Waals surface area (Å²) in [5.41, 5.74) is 1.14. The van der Waals surface area contributed by atoms with Gasteiger partial charge in [-0.1, -0.05) is 29.8 Å². The molecule has 1 aliphatic rings. The van der Waals surface area contributed by atoms with Gasteiger partial charge >= 0.3 is 0 Å². The van der Waals surface area contributed by atoms with Crippen LogP contribution in [-0.4, -0.2) is 63.5 Å². The fourth-order valence-electron chi connectivity index (χ4n) is 3.97. The average Bonchev–Trinajstić information content (AvgIpc) is 2.84. The maximum Gasteiger partial charge on any atom is 0.255 e. The van der Waals surface area contributed by atoms with Crippen LogP contribution < -0.4 is 5.32 Å². The van der Waals surface area contributed by atoms with Crippen molar-refractivity contribution in [2.45, 2.75) is 12.6 Å². The number of carbonyl (C=O) groups excluding carboxylic acids is 2. The van der Waals surface area contributed by atoms with E-state index in [1.165, 1.54) is 30.3 Å². The van der Waals surface area contributed by atoms with Gasteiger partial charge in [0, 0.05) is 36.8 Å². The fourth-order valence-corrected chi connectivity index (χ4v) is 4.16. The minimum Gasteiger partial charge on any atom is -0.503 e. The van der Waals surface area contributed by atoms with Crippen LogP contribution in [0.3, 0.4) is 0 Å². The first-order chi connectivity index (χ1) is 16.7. The van der Waals surface area contributed by atoms with Crippen molar-refractivity contribution in [3.8, 4) is 11.6 Å². The minimum absolute atomic E-state index is 0.0858. The van der Waals surface area contributed by atoms with Gasteiger partial charge in [0.1, 0.15) is 5.82 Å². The molecule has 0 saturated carbocycles. The van der Waals surface area contributed by atoms with E-state index in [0.717, 1.165) is 0 Å². The lowest BCUT2D eigenvalue weighted by Gasteiger charge is -2.40. The van der Waals surface area contributed by atoms with Gasteiger partial charge in [-0.25, -0.2) is 9.37 Å². The number of benzene rings is 2. The topological polar surface area (TPSA) is 106 Å². The van der Waals surface area contributed by atoms with E-state index in [0.29, 0.717) is 35.8 Å². The van der Waals surface area contributed by atoms with Gasteiger partial charge in [-0.15, -0.1) is 0 Å². The second-order valence-corrected chi connectivity index (χ2v) is 8.80. The summed E-state index contributed by atoms with van der Waals surface area (Å²) < 4.78 is 13.1. The second kappa shape index (κ2) is 10.3. The number of rotatable bonds is 5. The van der Waals surface area contributed by atoms with Gasteiger partial charge in [-0.2, -0.15) is 0 Å². The maximum absolute atomic E-state index is 13.3. The first kappa shape index (κ1) is 24.4. The Kier molecular flexibility index (Phi) is 7.18. The van der Waals surface area contributed by atoms with Crippen LogP contribution in [0.5, 0.6) is 11.6 Å². The van der Waals surface area contributed by atoms with Crippen LogP contribution in [-0.2, 0) is 6.54 Å². The number of aromatic nitrogens is 1. The third-order valence-electron chi connectivity index (χ3n) is 5.86. The molecular weight excluding hydrogens is 475 g/mol. The van der Waals surface area contributed by atoms with E-state index in [1.54, 1.807) is 29.2 Å². The van der Waals surface area contributed by atoms with Gasteiger partial charge in [0.2, 0.25) is 0 Å². The van der Waals surface area contributed by atoms with Gasteiger partial charge < -0.3 is 25.3 Å². The molecular formula is C25H24ClFN4O4. The van der Waals surface area contributed by atoms with Crippen molar-refractivity contribution >= 4 is 23.4 Å². The van der Waals surface area contributed by atoms with E-state index in [-0.39, 0.29) is 23.7 Å². The molecule has 0 aliphatic carbocycles. The molecule has 1 fully saturated rings. The maximum atomic E-state index is 13.3. The Hall–Kier alpha value is -3.69. The van der Waals surface area contributed by atoms with Crippen LogP contribution in [0, 0.1) is 5.82 Å². The van der Waals surface area contributed by atoms with Crippen molar-refractivity contribution in [2.24, 2.45) is 0 Å². The minimum atomic E-state index is -0.710. The Morgan fingerprint density at radius 3 is 2.60 bits per heavy atom. The molecule has 1 atom stereocenters. The van der Waals surface area contributed by atoms with Crippen LogP contribution in [0.4, 0.5) is 4.39 Å². The van der Waals surface area contributed by atoms with E-state index in [1.807, 2.05) is 11.9 Å². The SMILES string of the molecule is CN1CCN(C(=O)c2cccc(Cl)c2)C(c2cc(C(=O)NCc3ccc(F)cc3)c(O)c(O)n2)C1. The molecule has 10 heteroatoms. The summed E-state index contributed by atoms with van der Waals surface area (Å²) in [6, 6.07) is 13.0. The Balaban J connectivity index is 1.62. The normalized spacial score (nSPS) is 16.2. The Bertz CT molecular complexity index is 1250. The van der Waals surface area contributed by atoms with Crippen molar-refractivity contribution in [3.05, 3.63) is 87.8 Å². The molecule has 0 bridgehead atoms. The number of aromatic hydroxyl groups is 2. The zero-order valence-corrected chi connectivity index (χ0v) is 19.7. The van der Waals surface area contributed by atoms with E-state index < -0.39 is 29.4 Å². The summed E-state index contributed by atoms with van der Waals surface area (Å²) in [6.45, 7) is 1.50. The molecule has 2 heterocycles. The van der Waals surface area contributed by atoms with Gasteiger partial charge in [-0.3, -0.25) is 9.59 Å². The molecule has 0 spiro atoms. The number of piperazine rings is 1. The molecule has 8 nitrogen and oxygen atoms in total. The zero-order chi connectivity index (χ0) is 25.1. The third-order valence-corrected chi connectivity index (χ3v) is 6.10. The molecule has 1 unspecified atom stereocenters. The summed E-state index contributed by atoms with van der Waals surface area (Å²) in [6.07, 6.45) is 0. The molecule has 1 saturated heterocycles. The van der Waals surface area contributed by atoms with Crippen LogP contribution in [0.25, 0.3) is 0 Å². The quantitative estimate of drug-likeness (QED) is 0.498. The molecule has 2 aromatic carbocycles. The number of nitrogens with one attached hydrogen (secondary N) is 1. The Morgan fingerprint density at radius 1 is 1.14 bits per heavy atom. The van der Waals surface area contributed by atoms with Crippen molar-refractivity contribution in [1.82, 2.24) is 20.1 Å². The third kappa shape index (κ3) is 5.52. The lowest BCUT2D eigenvalue weighted by molar-refractivity contribution is 0.0488. The fraction of sp³-hybridized carbons (Fsp3) is 0.240. The molecule has 1 aliphatic heterocycles. The number of halogens is 2. The number of likely N-dealkylation sites (N-methyl/N-ethyl adjacent to an activating group) is 1. The summed E-state index contributed by atoms with van der Waals surface area (Å²) >= 11 is 6.06. The highest BCUT2D eigenvalue weighted by molar-refractivity contribution is 6.30. The van der Waals surface area contributed by atoms with E-state index in [4.69, 9.17) is 11.6 Å². The average molecular weight is 499 g/mol. The lowest BCUT2D eigenvalue weighted by Crippen LogP contribution is -2.49. The van der Waals surface area contributed by atoms with Gasteiger partial charge in [0.05, 0.1) is 17.3 Å². The highest BCUT2D eigenvalue weighted by atomic mass is 35.5. The van der Waals surface area contributed by atoms with E-state index in [2.05, 4.69) is 10.3 Å². The van der Waals surface area contributed by atoms with Crippen LogP contribution in [0.2, 0.25) is 5.02 Å². The highest BCUT2D eigenvalue weighted by Gasteiger charge is 2.33. The molecule has 3 aromatic rings. The Labute approximate surface area is 206 Å². The van der Waals surface area contributed by atoms with Gasteiger partial charge in [0.15, 0.2) is 5.75 Å². The van der Waals surface area contributed by atoms with Crippen LogP contribution in [0.15, 0.2) is 54.6 Å². The van der Waals surface area contributed by atoms with Crippen LogP contribution >= 0.6 is 11.6 Å². The number of pyridine rings is 1. The summed E-state index contributed by atoms with van der Waals surface area (Å²) in [7, 11) is 1.89. The summed E-state index contributed by atoms with van der Waals surface area (Å²) in [5, 5.41) is 23.7. The largest absolute Gasteiger partial charge is 0.503 e. The molecule has 1 aromatic heterocycles. The van der Waals surface area contributed by atoms with Crippen molar-refractivity contribution in [1.29, 1.82) is 0 Å². The Morgan fingerprint density at radius 2 is 1.89 bits per heavy atom. The van der Waals surface area contributed by atoms with Crippen molar-refractivity contribution < 1.29 is 24.2 Å². The molecule has 0 radical (unpaired) electrons. The first-order valence-corrected chi connectivity index (χ1v) is 11.3. The molecule has 3 N–H and O–H groups in total. The van der Waals surface area contributed by atoms with E-state index in [9.17, 15) is 24.2 Å². The standard InChI is InChI=1S/C25H24ClFN4O4/c1-30-9-10-31(25(35)16-3-2-4-17(26)11-16)21(14-30)20-12-19(22(32)24(34)29-20)23(33)28-13-15-5-7-18(27)8-6-15/h2-8,11-12,21,32H,9-10,13-14H2,1H3,(H,28,33)(H,29,34). The highest BCUT2D eigenvalue weighted by Crippen LogP contribution is 2.33. The van der Waals surface area contributed by atoms with Crippen LogP contribution in [0.1, 0.15) is 38.0 Å². The molecule has 35 heavy (non-hydrogen) atoms. The smallest absolute Gasteiger partial charge is 0.255 e. The zero-order valence-electron chi connectivity index (χ0n) is 18.9. The molecule has 4 rings (SSSR count). The molecule has 182 valence electrons. The van der Waals surface area contributed by atoms with Crippen molar-refractivity contribution in [2.75, 3.05) is 26.7 Å². The first-order valence-electron chi connectivity index (χ1n) is 10.9. The number of amides is 2. The second-order valence-electron chi connectivity index (χ2n) is 8.36. The predicted octanol–water partition coefficient (Wildman–Crippen LogP) is 3.34. The summed E-state index contributed by atoms with van der Waals surface area (Å²) in [4.78, 5) is 33.8. The molecule has 2 amide bonds. The van der Waals surface area contributed by atoms with E-state index >= 15 is 0 Å². The monoisotopic (exact) mass is 498 g/mol. The van der Waals surface area contributed by atoms with Gasteiger partial charge in [-0.05, 0) is 49.0 Å².